The second-order valence-electron chi connectivity index (χ2n) is 4.85. The molecule has 1 aromatic rings. The third-order valence-corrected chi connectivity index (χ3v) is 4.88. The summed E-state index contributed by atoms with van der Waals surface area (Å²) in [7, 11) is -3.28. The SMILES string of the molecule is CCCS(=O)(=O)NC1(c2noc(C)n2)CCCC1. The molecule has 6 nitrogen and oxygen atoms in total. The van der Waals surface area contributed by atoms with Crippen molar-refractivity contribution in [3.63, 3.8) is 0 Å². The molecule has 7 heteroatoms. The first-order chi connectivity index (χ1) is 8.47. The molecule has 0 aliphatic heterocycles. The van der Waals surface area contributed by atoms with Crippen LogP contribution in [0.3, 0.4) is 0 Å². The lowest BCUT2D eigenvalue weighted by atomic mass is 9.99. The molecule has 0 aromatic carbocycles. The summed E-state index contributed by atoms with van der Waals surface area (Å²) >= 11 is 0. The minimum absolute atomic E-state index is 0.131. The summed E-state index contributed by atoms with van der Waals surface area (Å²) in [5.74, 6) is 1.06. The second-order valence-corrected chi connectivity index (χ2v) is 6.69. The Labute approximate surface area is 107 Å². The van der Waals surface area contributed by atoms with Crippen molar-refractivity contribution in [3.05, 3.63) is 11.7 Å². The molecule has 2 rings (SSSR count). The maximum Gasteiger partial charge on any atom is 0.223 e. The quantitative estimate of drug-likeness (QED) is 0.878. The largest absolute Gasteiger partial charge is 0.340 e. The number of nitrogens with one attached hydrogen (secondary N) is 1. The lowest BCUT2D eigenvalue weighted by molar-refractivity contribution is 0.338. The van der Waals surface area contributed by atoms with Crippen LogP contribution in [0.15, 0.2) is 4.52 Å². The minimum Gasteiger partial charge on any atom is -0.340 e. The van der Waals surface area contributed by atoms with Crippen molar-refractivity contribution in [2.75, 3.05) is 5.75 Å². The molecule has 0 bridgehead atoms. The van der Waals surface area contributed by atoms with Crippen LogP contribution < -0.4 is 4.72 Å². The summed E-state index contributed by atoms with van der Waals surface area (Å²) in [6, 6.07) is 0. The fourth-order valence-electron chi connectivity index (χ4n) is 2.46. The van der Waals surface area contributed by atoms with E-state index in [0.717, 1.165) is 25.7 Å². The number of hydrogen-bond acceptors (Lipinski definition) is 5. The summed E-state index contributed by atoms with van der Waals surface area (Å²) in [6.45, 7) is 3.55. The van der Waals surface area contributed by atoms with Gasteiger partial charge in [-0.2, -0.15) is 4.98 Å². The molecule has 0 saturated heterocycles. The predicted octanol–water partition coefficient (Wildman–Crippen LogP) is 1.48. The number of rotatable bonds is 5. The smallest absolute Gasteiger partial charge is 0.223 e. The predicted molar refractivity (Wildman–Crippen MR) is 66.4 cm³/mol. The monoisotopic (exact) mass is 273 g/mol. The van der Waals surface area contributed by atoms with E-state index in [-0.39, 0.29) is 5.75 Å². The summed E-state index contributed by atoms with van der Waals surface area (Å²) in [4.78, 5) is 4.20. The van der Waals surface area contributed by atoms with Crippen LogP contribution >= 0.6 is 0 Å². The molecule has 1 N–H and O–H groups in total. The minimum atomic E-state index is -3.28. The van der Waals surface area contributed by atoms with Gasteiger partial charge in [-0.15, -0.1) is 0 Å². The maximum atomic E-state index is 12.0. The van der Waals surface area contributed by atoms with E-state index in [2.05, 4.69) is 14.9 Å². The molecule has 18 heavy (non-hydrogen) atoms. The van der Waals surface area contributed by atoms with Gasteiger partial charge in [0.05, 0.1) is 11.3 Å². The fraction of sp³-hybridized carbons (Fsp3) is 0.818. The Bertz CT molecular complexity index is 503. The summed E-state index contributed by atoms with van der Waals surface area (Å²) in [6.07, 6.45) is 4.00. The first-order valence-corrected chi connectivity index (χ1v) is 7.95. The Balaban J connectivity index is 2.28. The Hall–Kier alpha value is -0.950. The van der Waals surface area contributed by atoms with E-state index in [1.54, 1.807) is 6.92 Å². The first-order valence-electron chi connectivity index (χ1n) is 6.30. The highest BCUT2D eigenvalue weighted by molar-refractivity contribution is 7.89. The van der Waals surface area contributed by atoms with Crippen molar-refractivity contribution < 1.29 is 12.9 Å². The van der Waals surface area contributed by atoms with Gasteiger partial charge in [0.25, 0.3) is 0 Å². The molecule has 0 amide bonds. The van der Waals surface area contributed by atoms with Crippen molar-refractivity contribution in [2.24, 2.45) is 0 Å². The first kappa shape index (κ1) is 13.5. The normalized spacial score (nSPS) is 19.2. The second kappa shape index (κ2) is 4.97. The summed E-state index contributed by atoms with van der Waals surface area (Å²) in [5, 5.41) is 3.90. The van der Waals surface area contributed by atoms with E-state index in [1.807, 2.05) is 6.92 Å². The number of sulfonamides is 1. The number of hydrogen-bond donors (Lipinski definition) is 1. The number of nitrogens with zero attached hydrogens (tertiary/aromatic N) is 2. The molecule has 0 spiro atoms. The molecule has 1 saturated carbocycles. The summed E-state index contributed by atoms with van der Waals surface area (Å²) < 4.78 is 31.7. The molecule has 102 valence electrons. The number of aromatic nitrogens is 2. The van der Waals surface area contributed by atoms with E-state index in [9.17, 15) is 8.42 Å². The van der Waals surface area contributed by atoms with E-state index in [0.29, 0.717) is 18.1 Å². The van der Waals surface area contributed by atoms with E-state index in [1.165, 1.54) is 0 Å². The van der Waals surface area contributed by atoms with Gasteiger partial charge in [0, 0.05) is 6.92 Å². The van der Waals surface area contributed by atoms with Gasteiger partial charge in [-0.3, -0.25) is 0 Å². The van der Waals surface area contributed by atoms with Crippen molar-refractivity contribution in [1.82, 2.24) is 14.9 Å². The standard InChI is InChI=1S/C11H19N3O3S/c1-3-8-18(15,16)14-11(6-4-5-7-11)10-12-9(2)17-13-10/h14H,3-8H2,1-2H3. The van der Waals surface area contributed by atoms with E-state index >= 15 is 0 Å². The highest BCUT2D eigenvalue weighted by Gasteiger charge is 2.42. The van der Waals surface area contributed by atoms with Crippen LogP contribution in [0.1, 0.15) is 50.7 Å². The van der Waals surface area contributed by atoms with Crippen LogP contribution in [0.5, 0.6) is 0 Å². The van der Waals surface area contributed by atoms with Crippen LogP contribution in [-0.4, -0.2) is 24.3 Å². The van der Waals surface area contributed by atoms with E-state index in [4.69, 9.17) is 4.52 Å². The summed E-state index contributed by atoms with van der Waals surface area (Å²) in [5.41, 5.74) is -0.661. The molecule has 0 atom stereocenters. The molecule has 1 fully saturated rings. The fourth-order valence-corrected chi connectivity index (χ4v) is 3.99. The molecule has 1 aliphatic rings. The van der Waals surface area contributed by atoms with Crippen LogP contribution in [0.2, 0.25) is 0 Å². The molecular formula is C11H19N3O3S. The van der Waals surface area contributed by atoms with Gasteiger partial charge in [-0.1, -0.05) is 24.9 Å². The molecule has 1 heterocycles. The maximum absolute atomic E-state index is 12.0. The average Bonchev–Trinajstić information content (AvgIpc) is 2.87. The van der Waals surface area contributed by atoms with Crippen LogP contribution in [0.25, 0.3) is 0 Å². The van der Waals surface area contributed by atoms with Crippen molar-refractivity contribution in [3.8, 4) is 0 Å². The van der Waals surface area contributed by atoms with Gasteiger partial charge in [-0.25, -0.2) is 13.1 Å². The van der Waals surface area contributed by atoms with Crippen molar-refractivity contribution >= 4 is 10.0 Å². The molecular weight excluding hydrogens is 254 g/mol. The Morgan fingerprint density at radius 1 is 1.39 bits per heavy atom. The molecule has 0 radical (unpaired) electrons. The van der Waals surface area contributed by atoms with E-state index < -0.39 is 15.6 Å². The lowest BCUT2D eigenvalue weighted by Gasteiger charge is -2.26. The third kappa shape index (κ3) is 2.72. The van der Waals surface area contributed by atoms with Gasteiger partial charge >= 0.3 is 0 Å². The zero-order valence-electron chi connectivity index (χ0n) is 10.8. The van der Waals surface area contributed by atoms with Gasteiger partial charge in [0.2, 0.25) is 15.9 Å². The highest BCUT2D eigenvalue weighted by Crippen LogP contribution is 2.37. The Morgan fingerprint density at radius 2 is 2.06 bits per heavy atom. The molecule has 1 aliphatic carbocycles. The average molecular weight is 273 g/mol. The number of aryl methyl sites for hydroxylation is 1. The Kier molecular flexibility index (Phi) is 3.72. The van der Waals surface area contributed by atoms with Crippen LogP contribution in [0, 0.1) is 6.92 Å². The van der Waals surface area contributed by atoms with Gasteiger partial charge in [0.15, 0.2) is 5.82 Å². The topological polar surface area (TPSA) is 85.1 Å². The van der Waals surface area contributed by atoms with Gasteiger partial charge in [0.1, 0.15) is 0 Å². The molecule has 1 aromatic heterocycles. The van der Waals surface area contributed by atoms with Crippen LogP contribution in [0.4, 0.5) is 0 Å². The van der Waals surface area contributed by atoms with Crippen molar-refractivity contribution in [1.29, 1.82) is 0 Å². The zero-order valence-corrected chi connectivity index (χ0v) is 11.6. The van der Waals surface area contributed by atoms with Gasteiger partial charge < -0.3 is 4.52 Å². The van der Waals surface area contributed by atoms with Crippen LogP contribution in [-0.2, 0) is 15.6 Å². The zero-order chi connectivity index (χ0) is 13.2. The molecule has 0 unspecified atom stereocenters. The van der Waals surface area contributed by atoms with Crippen molar-refractivity contribution in [2.45, 2.75) is 51.5 Å². The lowest BCUT2D eigenvalue weighted by Crippen LogP contribution is -2.45. The van der Waals surface area contributed by atoms with Gasteiger partial charge in [-0.05, 0) is 19.3 Å². The highest BCUT2D eigenvalue weighted by atomic mass is 32.2. The Morgan fingerprint density at radius 3 is 2.56 bits per heavy atom. The third-order valence-electron chi connectivity index (χ3n) is 3.24.